The van der Waals surface area contributed by atoms with E-state index in [4.69, 9.17) is 16.3 Å². The van der Waals surface area contributed by atoms with Crippen molar-refractivity contribution in [2.24, 2.45) is 0 Å². The number of halogens is 2. The number of benzene rings is 3. The summed E-state index contributed by atoms with van der Waals surface area (Å²) in [5, 5.41) is 19.0. The van der Waals surface area contributed by atoms with Crippen LogP contribution in [-0.4, -0.2) is 26.1 Å². The highest BCUT2D eigenvalue weighted by atomic mass is 79.9. The van der Waals surface area contributed by atoms with Crippen LogP contribution in [0.4, 0.5) is 0 Å². The second kappa shape index (κ2) is 7.61. The zero-order valence-electron chi connectivity index (χ0n) is 14.3. The molecule has 8 heteroatoms. The molecule has 0 saturated carbocycles. The van der Waals surface area contributed by atoms with Crippen molar-refractivity contribution in [3.05, 3.63) is 81.8 Å². The van der Waals surface area contributed by atoms with E-state index in [9.17, 15) is 9.90 Å². The number of aliphatic carboxylic acids is 1. The van der Waals surface area contributed by atoms with Crippen LogP contribution < -0.4 is 4.74 Å². The third-order valence-corrected chi connectivity index (χ3v) is 4.77. The van der Waals surface area contributed by atoms with Gasteiger partial charge in [-0.25, -0.2) is 4.79 Å². The Balaban J connectivity index is 1.78. The SMILES string of the molecule is O=C(O)C(Oc1ccc(Cl)cc1-n1nc2ccccc2n1)c1cccc(Br)c1. The molecule has 1 N–H and O–H groups in total. The van der Waals surface area contributed by atoms with Crippen LogP contribution in [0.1, 0.15) is 11.7 Å². The summed E-state index contributed by atoms with van der Waals surface area (Å²) < 4.78 is 6.63. The molecule has 1 unspecified atom stereocenters. The van der Waals surface area contributed by atoms with Gasteiger partial charge in [0.15, 0.2) is 0 Å². The number of hydrogen-bond acceptors (Lipinski definition) is 4. The van der Waals surface area contributed by atoms with Crippen LogP contribution in [0.2, 0.25) is 5.02 Å². The predicted octanol–water partition coefficient (Wildman–Crippen LogP) is 5.04. The number of carbonyl (C=O) groups is 1. The van der Waals surface area contributed by atoms with Crippen molar-refractivity contribution in [1.29, 1.82) is 0 Å². The van der Waals surface area contributed by atoms with Gasteiger partial charge in [-0.2, -0.15) is 0 Å². The molecule has 1 atom stereocenters. The lowest BCUT2D eigenvalue weighted by molar-refractivity contribution is -0.145. The van der Waals surface area contributed by atoms with Gasteiger partial charge in [0.2, 0.25) is 6.10 Å². The largest absolute Gasteiger partial charge is 0.478 e. The Morgan fingerprint density at radius 2 is 1.75 bits per heavy atom. The van der Waals surface area contributed by atoms with Crippen molar-refractivity contribution in [3.8, 4) is 11.4 Å². The lowest BCUT2D eigenvalue weighted by Gasteiger charge is -2.18. The summed E-state index contributed by atoms with van der Waals surface area (Å²) >= 11 is 9.51. The first-order valence-corrected chi connectivity index (χ1v) is 9.45. The van der Waals surface area contributed by atoms with E-state index in [1.54, 1.807) is 36.4 Å². The van der Waals surface area contributed by atoms with Crippen molar-refractivity contribution in [2.75, 3.05) is 0 Å². The van der Waals surface area contributed by atoms with Crippen LogP contribution in [0.25, 0.3) is 16.7 Å². The lowest BCUT2D eigenvalue weighted by atomic mass is 10.1. The molecule has 4 aromatic rings. The average Bonchev–Trinajstić information content (AvgIpc) is 3.10. The predicted molar refractivity (Wildman–Crippen MR) is 109 cm³/mol. The summed E-state index contributed by atoms with van der Waals surface area (Å²) in [5.41, 5.74) is 2.36. The Morgan fingerprint density at radius 1 is 1.04 bits per heavy atom. The van der Waals surface area contributed by atoms with Gasteiger partial charge in [0.1, 0.15) is 22.5 Å². The molecule has 0 saturated heterocycles. The highest BCUT2D eigenvalue weighted by Crippen LogP contribution is 2.31. The van der Waals surface area contributed by atoms with Gasteiger partial charge in [0.25, 0.3) is 0 Å². The van der Waals surface area contributed by atoms with E-state index in [-0.39, 0.29) is 0 Å². The number of ether oxygens (including phenoxy) is 1. The summed E-state index contributed by atoms with van der Waals surface area (Å²) in [4.78, 5) is 13.3. The quantitative estimate of drug-likeness (QED) is 0.453. The van der Waals surface area contributed by atoms with Crippen molar-refractivity contribution in [3.63, 3.8) is 0 Å². The molecule has 1 aromatic heterocycles. The smallest absolute Gasteiger partial charge is 0.349 e. The topological polar surface area (TPSA) is 77.2 Å². The van der Waals surface area contributed by atoms with Crippen molar-refractivity contribution in [2.45, 2.75) is 6.10 Å². The van der Waals surface area contributed by atoms with E-state index >= 15 is 0 Å². The normalized spacial score (nSPS) is 12.1. The molecule has 6 nitrogen and oxygen atoms in total. The molecule has 28 heavy (non-hydrogen) atoms. The van der Waals surface area contributed by atoms with Crippen LogP contribution in [0, 0.1) is 0 Å². The minimum atomic E-state index is -1.21. The maximum atomic E-state index is 11.9. The van der Waals surface area contributed by atoms with E-state index < -0.39 is 12.1 Å². The number of rotatable bonds is 5. The van der Waals surface area contributed by atoms with E-state index in [1.165, 1.54) is 4.80 Å². The maximum Gasteiger partial charge on any atom is 0.349 e. The standard InChI is InChI=1S/C20H13BrClN3O3/c21-13-5-3-4-12(10-13)19(20(26)27)28-18-9-8-14(22)11-17(18)25-23-15-6-1-2-7-16(15)24-25/h1-11,19H,(H,26,27). The molecule has 0 aliphatic heterocycles. The lowest BCUT2D eigenvalue weighted by Crippen LogP contribution is -2.19. The fraction of sp³-hybridized carbons (Fsp3) is 0.0500. The molecular weight excluding hydrogens is 446 g/mol. The first-order chi connectivity index (χ1) is 13.5. The minimum absolute atomic E-state index is 0.303. The molecule has 1 heterocycles. The molecule has 0 amide bonds. The van der Waals surface area contributed by atoms with Gasteiger partial charge in [0.05, 0.1) is 0 Å². The van der Waals surface area contributed by atoms with E-state index in [0.29, 0.717) is 33.1 Å². The Hall–Kier alpha value is -2.90. The summed E-state index contributed by atoms with van der Waals surface area (Å²) in [6, 6.07) is 19.2. The molecule has 0 aliphatic carbocycles. The minimum Gasteiger partial charge on any atom is -0.478 e. The molecule has 140 valence electrons. The van der Waals surface area contributed by atoms with Gasteiger partial charge in [0, 0.05) is 15.1 Å². The second-order valence-corrected chi connectivity index (χ2v) is 7.33. The fourth-order valence-electron chi connectivity index (χ4n) is 2.77. The third-order valence-electron chi connectivity index (χ3n) is 4.04. The number of fused-ring (bicyclic) bond motifs is 1. The van der Waals surface area contributed by atoms with E-state index in [2.05, 4.69) is 26.1 Å². The van der Waals surface area contributed by atoms with E-state index in [1.807, 2.05) is 30.3 Å². The summed E-state index contributed by atoms with van der Waals surface area (Å²) in [6.07, 6.45) is -1.21. The molecule has 4 rings (SSSR count). The molecule has 3 aromatic carbocycles. The van der Waals surface area contributed by atoms with Gasteiger partial charge in [-0.05, 0) is 42.5 Å². The number of nitrogens with zero attached hydrogens (tertiary/aromatic N) is 3. The van der Waals surface area contributed by atoms with Gasteiger partial charge in [-0.15, -0.1) is 15.0 Å². The molecular formula is C20H13BrClN3O3. The summed E-state index contributed by atoms with van der Waals surface area (Å²) in [6.45, 7) is 0. The Labute approximate surface area is 173 Å². The molecule has 0 spiro atoms. The van der Waals surface area contributed by atoms with Crippen molar-refractivity contribution >= 4 is 44.5 Å². The van der Waals surface area contributed by atoms with Crippen LogP contribution >= 0.6 is 27.5 Å². The third kappa shape index (κ3) is 3.72. The van der Waals surface area contributed by atoms with Gasteiger partial charge in [-0.3, -0.25) is 0 Å². The van der Waals surface area contributed by atoms with Gasteiger partial charge >= 0.3 is 5.97 Å². The van der Waals surface area contributed by atoms with Crippen LogP contribution in [0.5, 0.6) is 5.75 Å². The zero-order valence-corrected chi connectivity index (χ0v) is 16.6. The van der Waals surface area contributed by atoms with Crippen molar-refractivity contribution < 1.29 is 14.6 Å². The zero-order chi connectivity index (χ0) is 19.7. The number of aromatic nitrogens is 3. The fourth-order valence-corrected chi connectivity index (χ4v) is 3.35. The van der Waals surface area contributed by atoms with Crippen LogP contribution in [0.3, 0.4) is 0 Å². The summed E-state index contributed by atoms with van der Waals surface area (Å²) in [7, 11) is 0. The van der Waals surface area contributed by atoms with Crippen LogP contribution in [0.15, 0.2) is 71.2 Å². The monoisotopic (exact) mass is 457 g/mol. The molecule has 0 fully saturated rings. The number of carboxylic acids is 1. The summed E-state index contributed by atoms with van der Waals surface area (Å²) in [5.74, 6) is -0.810. The highest BCUT2D eigenvalue weighted by molar-refractivity contribution is 9.10. The first-order valence-electron chi connectivity index (χ1n) is 8.28. The molecule has 0 bridgehead atoms. The molecule has 0 aliphatic rings. The number of carboxylic acid groups (broad SMARTS) is 1. The van der Waals surface area contributed by atoms with Crippen LogP contribution in [-0.2, 0) is 4.79 Å². The Morgan fingerprint density at radius 3 is 2.39 bits per heavy atom. The van der Waals surface area contributed by atoms with Crippen molar-refractivity contribution in [1.82, 2.24) is 15.0 Å². The van der Waals surface area contributed by atoms with Gasteiger partial charge in [-0.1, -0.05) is 51.8 Å². The highest BCUT2D eigenvalue weighted by Gasteiger charge is 2.24. The van der Waals surface area contributed by atoms with E-state index in [0.717, 1.165) is 4.47 Å². The molecule has 0 radical (unpaired) electrons. The first kappa shape index (κ1) is 18.5. The average molecular weight is 459 g/mol. The number of hydrogen-bond donors (Lipinski definition) is 1. The Bertz CT molecular complexity index is 1150. The second-order valence-electron chi connectivity index (χ2n) is 5.98. The Kier molecular flexibility index (Phi) is 5.02. The van der Waals surface area contributed by atoms with Gasteiger partial charge < -0.3 is 9.84 Å². The maximum absolute atomic E-state index is 11.9.